The second-order valence-corrected chi connectivity index (χ2v) is 3.95. The number of nitrogens with two attached hydrogens (primary N) is 1. The number of anilines is 1. The summed E-state index contributed by atoms with van der Waals surface area (Å²) in [6.45, 7) is 4.07. The van der Waals surface area contributed by atoms with E-state index in [9.17, 15) is 0 Å². The standard InChI is InChI=1S/C11H13N3O/c1-11(2,8-6-4-3-5-7-8)9-13-10(12)15-14-9/h3-7H,1-2H3,(H2,12,13,14). The first-order chi connectivity index (χ1) is 7.10. The van der Waals surface area contributed by atoms with Gasteiger partial charge in [-0.15, -0.1) is 0 Å². The summed E-state index contributed by atoms with van der Waals surface area (Å²) in [5.41, 5.74) is 6.25. The molecule has 0 aliphatic carbocycles. The highest BCUT2D eigenvalue weighted by Crippen LogP contribution is 2.29. The van der Waals surface area contributed by atoms with Crippen LogP contribution in [-0.4, -0.2) is 10.1 Å². The minimum atomic E-state index is -0.289. The highest BCUT2D eigenvalue weighted by Gasteiger charge is 2.28. The van der Waals surface area contributed by atoms with Gasteiger partial charge in [-0.1, -0.05) is 35.5 Å². The van der Waals surface area contributed by atoms with Gasteiger partial charge in [-0.3, -0.25) is 0 Å². The average Bonchev–Trinajstić information content (AvgIpc) is 2.67. The number of rotatable bonds is 2. The highest BCUT2D eigenvalue weighted by molar-refractivity contribution is 5.31. The maximum Gasteiger partial charge on any atom is 0.318 e. The largest absolute Gasteiger partial charge is 0.351 e. The van der Waals surface area contributed by atoms with Crippen molar-refractivity contribution in [1.82, 2.24) is 10.1 Å². The summed E-state index contributed by atoms with van der Waals surface area (Å²) < 4.78 is 4.79. The first kappa shape index (κ1) is 9.71. The minimum absolute atomic E-state index is 0.106. The van der Waals surface area contributed by atoms with Crippen molar-refractivity contribution in [1.29, 1.82) is 0 Å². The molecule has 2 N–H and O–H groups in total. The molecule has 78 valence electrons. The fraction of sp³-hybridized carbons (Fsp3) is 0.273. The van der Waals surface area contributed by atoms with Crippen molar-refractivity contribution < 1.29 is 4.52 Å². The van der Waals surface area contributed by atoms with Gasteiger partial charge < -0.3 is 10.3 Å². The maximum absolute atomic E-state index is 5.41. The zero-order chi connectivity index (χ0) is 10.9. The van der Waals surface area contributed by atoms with Gasteiger partial charge in [0.05, 0.1) is 5.41 Å². The van der Waals surface area contributed by atoms with E-state index in [2.05, 4.69) is 10.1 Å². The highest BCUT2D eigenvalue weighted by atomic mass is 16.5. The Morgan fingerprint density at radius 2 is 1.87 bits per heavy atom. The third-order valence-electron chi connectivity index (χ3n) is 2.50. The van der Waals surface area contributed by atoms with E-state index in [4.69, 9.17) is 10.3 Å². The topological polar surface area (TPSA) is 64.9 Å². The van der Waals surface area contributed by atoms with Gasteiger partial charge in [0.25, 0.3) is 0 Å². The third-order valence-corrected chi connectivity index (χ3v) is 2.50. The predicted octanol–water partition coefficient (Wildman–Crippen LogP) is 1.98. The molecular weight excluding hydrogens is 190 g/mol. The lowest BCUT2D eigenvalue weighted by Gasteiger charge is -2.20. The van der Waals surface area contributed by atoms with E-state index in [1.807, 2.05) is 44.2 Å². The van der Waals surface area contributed by atoms with Crippen molar-refractivity contribution in [2.75, 3.05) is 5.73 Å². The van der Waals surface area contributed by atoms with Crippen molar-refractivity contribution in [3.8, 4) is 0 Å². The van der Waals surface area contributed by atoms with Gasteiger partial charge >= 0.3 is 6.01 Å². The van der Waals surface area contributed by atoms with E-state index in [-0.39, 0.29) is 11.4 Å². The molecule has 0 spiro atoms. The second-order valence-electron chi connectivity index (χ2n) is 3.95. The Kier molecular flexibility index (Phi) is 2.19. The SMILES string of the molecule is CC(C)(c1ccccc1)c1noc(N)n1. The van der Waals surface area contributed by atoms with Gasteiger partial charge in [-0.2, -0.15) is 4.98 Å². The van der Waals surface area contributed by atoms with Crippen LogP contribution in [0.15, 0.2) is 34.9 Å². The Morgan fingerprint density at radius 3 is 2.40 bits per heavy atom. The minimum Gasteiger partial charge on any atom is -0.351 e. The quantitative estimate of drug-likeness (QED) is 0.810. The van der Waals surface area contributed by atoms with E-state index in [0.717, 1.165) is 5.56 Å². The Balaban J connectivity index is 2.43. The lowest BCUT2D eigenvalue weighted by atomic mass is 9.84. The molecule has 0 amide bonds. The molecule has 2 rings (SSSR count). The molecule has 0 aliphatic heterocycles. The molecular formula is C11H13N3O. The van der Waals surface area contributed by atoms with E-state index in [1.165, 1.54) is 0 Å². The summed E-state index contributed by atoms with van der Waals surface area (Å²) in [6, 6.07) is 10.1. The number of hydrogen-bond donors (Lipinski definition) is 1. The van der Waals surface area contributed by atoms with E-state index >= 15 is 0 Å². The summed E-state index contributed by atoms with van der Waals surface area (Å²) in [5, 5.41) is 3.85. The fourth-order valence-corrected chi connectivity index (χ4v) is 1.47. The molecule has 1 aromatic heterocycles. The van der Waals surface area contributed by atoms with E-state index in [0.29, 0.717) is 5.82 Å². The van der Waals surface area contributed by atoms with Crippen molar-refractivity contribution in [2.24, 2.45) is 0 Å². The fourth-order valence-electron chi connectivity index (χ4n) is 1.47. The van der Waals surface area contributed by atoms with Crippen molar-refractivity contribution in [3.63, 3.8) is 0 Å². The summed E-state index contributed by atoms with van der Waals surface area (Å²) in [4.78, 5) is 4.06. The van der Waals surface area contributed by atoms with Crippen LogP contribution in [0.5, 0.6) is 0 Å². The zero-order valence-corrected chi connectivity index (χ0v) is 8.77. The molecule has 0 fully saturated rings. The lowest BCUT2D eigenvalue weighted by molar-refractivity contribution is 0.411. The molecule has 0 saturated heterocycles. The van der Waals surface area contributed by atoms with Crippen molar-refractivity contribution in [3.05, 3.63) is 41.7 Å². The molecule has 0 bridgehead atoms. The van der Waals surface area contributed by atoms with Crippen LogP contribution in [0.4, 0.5) is 6.01 Å². The first-order valence-corrected chi connectivity index (χ1v) is 4.76. The molecule has 0 saturated carbocycles. The van der Waals surface area contributed by atoms with Crippen molar-refractivity contribution in [2.45, 2.75) is 19.3 Å². The third kappa shape index (κ3) is 1.70. The van der Waals surface area contributed by atoms with Crippen LogP contribution >= 0.6 is 0 Å². The van der Waals surface area contributed by atoms with Crippen LogP contribution in [0.3, 0.4) is 0 Å². The molecule has 2 aromatic rings. The molecule has 1 aromatic carbocycles. The average molecular weight is 203 g/mol. The predicted molar refractivity (Wildman–Crippen MR) is 57.3 cm³/mol. The summed E-state index contributed by atoms with van der Waals surface area (Å²) in [7, 11) is 0. The van der Waals surface area contributed by atoms with Crippen molar-refractivity contribution >= 4 is 6.01 Å². The van der Waals surface area contributed by atoms with Gasteiger partial charge in [0.15, 0.2) is 5.82 Å². The first-order valence-electron chi connectivity index (χ1n) is 4.76. The Bertz CT molecular complexity index is 448. The van der Waals surface area contributed by atoms with Crippen LogP contribution in [0.25, 0.3) is 0 Å². The molecule has 0 radical (unpaired) electrons. The molecule has 0 unspecified atom stereocenters. The van der Waals surface area contributed by atoms with Gasteiger partial charge in [-0.05, 0) is 19.4 Å². The van der Waals surface area contributed by atoms with Gasteiger partial charge in [0, 0.05) is 0 Å². The molecule has 0 aliphatic rings. The molecule has 4 nitrogen and oxygen atoms in total. The van der Waals surface area contributed by atoms with Gasteiger partial charge in [0.1, 0.15) is 0 Å². The Labute approximate surface area is 88.1 Å². The zero-order valence-electron chi connectivity index (χ0n) is 8.77. The maximum atomic E-state index is 5.41. The van der Waals surface area contributed by atoms with Crippen LogP contribution in [0.1, 0.15) is 25.2 Å². The number of benzene rings is 1. The number of aromatic nitrogens is 2. The summed E-state index contributed by atoms with van der Waals surface area (Å²) >= 11 is 0. The molecule has 0 atom stereocenters. The number of hydrogen-bond acceptors (Lipinski definition) is 4. The molecule has 4 heteroatoms. The summed E-state index contributed by atoms with van der Waals surface area (Å²) in [5.74, 6) is 0.603. The monoisotopic (exact) mass is 203 g/mol. The van der Waals surface area contributed by atoms with Crippen LogP contribution in [0, 0.1) is 0 Å². The van der Waals surface area contributed by atoms with Gasteiger partial charge in [-0.25, -0.2) is 0 Å². The molecule has 15 heavy (non-hydrogen) atoms. The van der Waals surface area contributed by atoms with Gasteiger partial charge in [0.2, 0.25) is 0 Å². The van der Waals surface area contributed by atoms with Crippen LogP contribution in [0.2, 0.25) is 0 Å². The normalized spacial score (nSPS) is 11.6. The number of nitrogen functional groups attached to an aromatic ring is 1. The summed E-state index contributed by atoms with van der Waals surface area (Å²) in [6.07, 6.45) is 0. The lowest BCUT2D eigenvalue weighted by Crippen LogP contribution is -2.20. The Morgan fingerprint density at radius 1 is 1.20 bits per heavy atom. The van der Waals surface area contributed by atoms with E-state index < -0.39 is 0 Å². The molecule has 1 heterocycles. The number of nitrogens with zero attached hydrogens (tertiary/aromatic N) is 2. The smallest absolute Gasteiger partial charge is 0.318 e. The van der Waals surface area contributed by atoms with E-state index in [1.54, 1.807) is 0 Å². The van der Waals surface area contributed by atoms with Crippen LogP contribution in [-0.2, 0) is 5.41 Å². The second kappa shape index (κ2) is 3.38. The van der Waals surface area contributed by atoms with Crippen LogP contribution < -0.4 is 5.73 Å². The Hall–Kier alpha value is -1.84.